The Bertz CT molecular complexity index is 487. The van der Waals surface area contributed by atoms with Crippen LogP contribution in [0.15, 0.2) is 23.1 Å². The predicted molar refractivity (Wildman–Crippen MR) is 65.4 cm³/mol. The van der Waals surface area contributed by atoms with Gasteiger partial charge in [0, 0.05) is 46.2 Å². The van der Waals surface area contributed by atoms with Crippen molar-refractivity contribution in [3.05, 3.63) is 34.2 Å². The fraction of sp³-hybridized carbons (Fsp3) is 0.455. The highest BCUT2D eigenvalue weighted by atomic mass is 32.2. The van der Waals surface area contributed by atoms with Gasteiger partial charge in [-0.3, -0.25) is 13.8 Å². The van der Waals surface area contributed by atoms with Crippen molar-refractivity contribution in [1.82, 2.24) is 10.3 Å². The minimum absolute atomic E-state index is 0.0690. The van der Waals surface area contributed by atoms with E-state index >= 15 is 0 Å². The molecule has 6 heteroatoms. The highest BCUT2D eigenvalue weighted by Crippen LogP contribution is 2.09. The maximum atomic E-state index is 11.8. The SMILES string of the molecule is O=C(NC1CCS(=O)CC1)c1cc[nH]c(=O)c1. The summed E-state index contributed by atoms with van der Waals surface area (Å²) in [4.78, 5) is 25.3. The molecule has 0 unspecified atom stereocenters. The largest absolute Gasteiger partial charge is 0.349 e. The van der Waals surface area contributed by atoms with E-state index in [0.717, 1.165) is 12.8 Å². The molecule has 2 heterocycles. The topological polar surface area (TPSA) is 79.0 Å². The fourth-order valence-corrected chi connectivity index (χ4v) is 3.09. The second-order valence-electron chi connectivity index (χ2n) is 4.04. The number of hydrogen-bond donors (Lipinski definition) is 2. The maximum Gasteiger partial charge on any atom is 0.251 e. The monoisotopic (exact) mass is 254 g/mol. The molecule has 0 radical (unpaired) electrons. The van der Waals surface area contributed by atoms with Gasteiger partial charge in [-0.2, -0.15) is 0 Å². The number of pyridine rings is 1. The molecular weight excluding hydrogens is 240 g/mol. The highest BCUT2D eigenvalue weighted by molar-refractivity contribution is 7.85. The molecule has 0 bridgehead atoms. The number of nitrogens with one attached hydrogen (secondary N) is 2. The van der Waals surface area contributed by atoms with Gasteiger partial charge < -0.3 is 10.3 Å². The first kappa shape index (κ1) is 12.0. The van der Waals surface area contributed by atoms with E-state index in [1.54, 1.807) is 6.07 Å². The van der Waals surface area contributed by atoms with Crippen molar-refractivity contribution in [1.29, 1.82) is 0 Å². The zero-order valence-corrected chi connectivity index (χ0v) is 10.1. The quantitative estimate of drug-likeness (QED) is 0.780. The number of aromatic amines is 1. The minimum atomic E-state index is -0.730. The number of amides is 1. The van der Waals surface area contributed by atoms with E-state index in [1.807, 2.05) is 0 Å². The molecule has 1 amide bonds. The van der Waals surface area contributed by atoms with Crippen molar-refractivity contribution in [2.24, 2.45) is 0 Å². The van der Waals surface area contributed by atoms with Crippen LogP contribution in [0.2, 0.25) is 0 Å². The standard InChI is InChI=1S/C11H14N2O3S/c14-10-7-8(1-4-12-10)11(15)13-9-2-5-17(16)6-3-9/h1,4,7,9H,2-3,5-6H2,(H,12,14)(H,13,15). The van der Waals surface area contributed by atoms with Crippen LogP contribution < -0.4 is 10.9 Å². The normalized spacial score (nSPS) is 24.2. The van der Waals surface area contributed by atoms with Crippen molar-refractivity contribution in [3.63, 3.8) is 0 Å². The Morgan fingerprint density at radius 2 is 2.12 bits per heavy atom. The van der Waals surface area contributed by atoms with Gasteiger partial charge in [0.05, 0.1) is 0 Å². The van der Waals surface area contributed by atoms with Gasteiger partial charge in [0.1, 0.15) is 0 Å². The molecule has 1 fully saturated rings. The molecule has 0 spiro atoms. The first-order valence-electron chi connectivity index (χ1n) is 5.50. The summed E-state index contributed by atoms with van der Waals surface area (Å²) in [7, 11) is -0.730. The molecule has 0 saturated carbocycles. The van der Waals surface area contributed by atoms with Gasteiger partial charge >= 0.3 is 0 Å². The number of H-pyrrole nitrogens is 1. The lowest BCUT2D eigenvalue weighted by atomic mass is 10.1. The van der Waals surface area contributed by atoms with E-state index in [0.29, 0.717) is 17.1 Å². The van der Waals surface area contributed by atoms with Crippen LogP contribution in [0.4, 0.5) is 0 Å². The number of carbonyl (C=O) groups excluding carboxylic acids is 1. The van der Waals surface area contributed by atoms with Crippen LogP contribution in [0.3, 0.4) is 0 Å². The van der Waals surface area contributed by atoms with Gasteiger partial charge in [-0.05, 0) is 18.9 Å². The van der Waals surface area contributed by atoms with E-state index < -0.39 is 10.8 Å². The van der Waals surface area contributed by atoms with Crippen LogP contribution >= 0.6 is 0 Å². The second-order valence-corrected chi connectivity index (χ2v) is 5.73. The zero-order chi connectivity index (χ0) is 12.3. The number of aromatic nitrogens is 1. The molecule has 0 aliphatic carbocycles. The van der Waals surface area contributed by atoms with Crippen LogP contribution in [-0.4, -0.2) is 32.6 Å². The van der Waals surface area contributed by atoms with Crippen molar-refractivity contribution < 1.29 is 9.00 Å². The Balaban J connectivity index is 1.97. The molecule has 1 saturated heterocycles. The average Bonchev–Trinajstić information content (AvgIpc) is 2.32. The van der Waals surface area contributed by atoms with Crippen LogP contribution in [0.5, 0.6) is 0 Å². The zero-order valence-electron chi connectivity index (χ0n) is 9.27. The molecule has 1 aromatic rings. The molecule has 5 nitrogen and oxygen atoms in total. The lowest BCUT2D eigenvalue weighted by molar-refractivity contribution is 0.0934. The summed E-state index contributed by atoms with van der Waals surface area (Å²) < 4.78 is 11.2. The molecule has 2 rings (SSSR count). The molecule has 2 N–H and O–H groups in total. The third-order valence-electron chi connectivity index (χ3n) is 2.76. The third-order valence-corrected chi connectivity index (χ3v) is 4.14. The molecule has 1 aromatic heterocycles. The van der Waals surface area contributed by atoms with E-state index in [9.17, 15) is 13.8 Å². The number of rotatable bonds is 2. The smallest absolute Gasteiger partial charge is 0.251 e. The van der Waals surface area contributed by atoms with Crippen LogP contribution in [0, 0.1) is 0 Å². The molecule has 1 aliphatic heterocycles. The molecule has 0 aromatic carbocycles. The summed E-state index contributed by atoms with van der Waals surface area (Å²) >= 11 is 0. The van der Waals surface area contributed by atoms with Gasteiger partial charge in [-0.1, -0.05) is 0 Å². The molecule has 0 atom stereocenters. The van der Waals surface area contributed by atoms with Gasteiger partial charge in [-0.25, -0.2) is 0 Å². The summed E-state index contributed by atoms with van der Waals surface area (Å²) in [5, 5.41) is 2.86. The predicted octanol–water partition coefficient (Wildman–Crippen LogP) is 0.0158. The molecular formula is C11H14N2O3S. The van der Waals surface area contributed by atoms with Crippen molar-refractivity contribution >= 4 is 16.7 Å². The van der Waals surface area contributed by atoms with E-state index in [2.05, 4.69) is 10.3 Å². The Labute approximate surface area is 101 Å². The second kappa shape index (κ2) is 5.27. The van der Waals surface area contributed by atoms with Gasteiger partial charge in [0.25, 0.3) is 5.91 Å². The summed E-state index contributed by atoms with van der Waals surface area (Å²) in [6, 6.07) is 2.91. The van der Waals surface area contributed by atoms with Crippen LogP contribution in [0.25, 0.3) is 0 Å². The first-order valence-corrected chi connectivity index (χ1v) is 6.98. The van der Waals surface area contributed by atoms with Crippen LogP contribution in [0.1, 0.15) is 23.2 Å². The first-order chi connectivity index (χ1) is 8.15. The lowest BCUT2D eigenvalue weighted by Crippen LogP contribution is -2.39. The highest BCUT2D eigenvalue weighted by Gasteiger charge is 2.19. The Hall–Kier alpha value is -1.43. The average molecular weight is 254 g/mol. The summed E-state index contributed by atoms with van der Waals surface area (Å²) in [5.41, 5.74) is 0.0721. The summed E-state index contributed by atoms with van der Waals surface area (Å²) in [6.45, 7) is 0. The summed E-state index contributed by atoms with van der Waals surface area (Å²) in [6.07, 6.45) is 2.93. The number of hydrogen-bond acceptors (Lipinski definition) is 3. The Kier molecular flexibility index (Phi) is 3.73. The maximum absolute atomic E-state index is 11.8. The minimum Gasteiger partial charge on any atom is -0.349 e. The van der Waals surface area contributed by atoms with E-state index in [-0.39, 0.29) is 17.5 Å². The van der Waals surface area contributed by atoms with Crippen molar-refractivity contribution in [2.75, 3.05) is 11.5 Å². The lowest BCUT2D eigenvalue weighted by Gasteiger charge is -2.22. The Morgan fingerprint density at radius 1 is 1.41 bits per heavy atom. The fourth-order valence-electron chi connectivity index (χ4n) is 1.79. The molecule has 1 aliphatic rings. The summed E-state index contributed by atoms with van der Waals surface area (Å²) in [5.74, 6) is 1.04. The Morgan fingerprint density at radius 3 is 2.76 bits per heavy atom. The number of carbonyl (C=O) groups is 1. The van der Waals surface area contributed by atoms with E-state index in [4.69, 9.17) is 0 Å². The third kappa shape index (κ3) is 3.26. The molecule has 17 heavy (non-hydrogen) atoms. The van der Waals surface area contributed by atoms with Gasteiger partial charge in [0.2, 0.25) is 5.56 Å². The van der Waals surface area contributed by atoms with Crippen LogP contribution in [-0.2, 0) is 10.8 Å². The van der Waals surface area contributed by atoms with E-state index in [1.165, 1.54) is 12.3 Å². The van der Waals surface area contributed by atoms with Gasteiger partial charge in [-0.15, -0.1) is 0 Å². The van der Waals surface area contributed by atoms with Gasteiger partial charge in [0.15, 0.2) is 0 Å². The van der Waals surface area contributed by atoms with Crippen molar-refractivity contribution in [2.45, 2.75) is 18.9 Å². The van der Waals surface area contributed by atoms with Crippen molar-refractivity contribution in [3.8, 4) is 0 Å². The molecule has 92 valence electrons.